The van der Waals surface area contributed by atoms with Gasteiger partial charge in [0, 0.05) is 0 Å². The van der Waals surface area contributed by atoms with Gasteiger partial charge >= 0.3 is 12.0 Å². The van der Waals surface area contributed by atoms with Crippen LogP contribution in [0.2, 0.25) is 0 Å². The lowest BCUT2D eigenvalue weighted by atomic mass is 10.1. The Morgan fingerprint density at radius 1 is 1.38 bits per heavy atom. The fraction of sp³-hybridized carbons (Fsp3) is 0.778. The highest BCUT2D eigenvalue weighted by molar-refractivity contribution is 5.82. The number of alkyl halides is 2. The number of urea groups is 1. The molecule has 16 heavy (non-hydrogen) atoms. The second-order valence-corrected chi connectivity index (χ2v) is 3.28. The van der Waals surface area contributed by atoms with Gasteiger partial charge in [-0.25, -0.2) is 18.4 Å². The van der Waals surface area contributed by atoms with Crippen molar-refractivity contribution < 1.29 is 23.5 Å². The van der Waals surface area contributed by atoms with Crippen LogP contribution in [0.4, 0.5) is 13.6 Å². The number of amides is 2. The average molecular weight is 238 g/mol. The smallest absolute Gasteiger partial charge is 0.326 e. The van der Waals surface area contributed by atoms with Gasteiger partial charge in [0.1, 0.15) is 6.04 Å². The first kappa shape index (κ1) is 14.6. The van der Waals surface area contributed by atoms with Gasteiger partial charge in [0.05, 0.1) is 6.54 Å². The van der Waals surface area contributed by atoms with Crippen LogP contribution in [-0.2, 0) is 4.79 Å². The van der Waals surface area contributed by atoms with E-state index in [0.717, 1.165) is 6.42 Å². The normalized spacial score (nSPS) is 12.2. The van der Waals surface area contributed by atoms with Crippen LogP contribution in [0.3, 0.4) is 0 Å². The molecule has 94 valence electrons. The molecule has 0 aromatic rings. The Balaban J connectivity index is 3.98. The van der Waals surface area contributed by atoms with Crippen molar-refractivity contribution in [2.45, 2.75) is 38.7 Å². The van der Waals surface area contributed by atoms with Gasteiger partial charge in [0.25, 0.3) is 6.43 Å². The van der Waals surface area contributed by atoms with Crippen molar-refractivity contribution in [1.29, 1.82) is 0 Å². The summed E-state index contributed by atoms with van der Waals surface area (Å²) in [4.78, 5) is 21.7. The molecule has 5 nitrogen and oxygen atoms in total. The van der Waals surface area contributed by atoms with E-state index in [1.807, 2.05) is 12.2 Å². The molecule has 0 heterocycles. The first-order chi connectivity index (χ1) is 7.47. The second kappa shape index (κ2) is 7.84. The monoisotopic (exact) mass is 238 g/mol. The van der Waals surface area contributed by atoms with Crippen molar-refractivity contribution in [2.24, 2.45) is 0 Å². The summed E-state index contributed by atoms with van der Waals surface area (Å²) < 4.78 is 23.5. The molecule has 2 amide bonds. The lowest BCUT2D eigenvalue weighted by Crippen LogP contribution is -2.47. The fourth-order valence-corrected chi connectivity index (χ4v) is 1.04. The molecule has 0 bridgehead atoms. The van der Waals surface area contributed by atoms with Crippen molar-refractivity contribution >= 4 is 12.0 Å². The zero-order valence-corrected chi connectivity index (χ0v) is 9.00. The average Bonchev–Trinajstić information content (AvgIpc) is 2.20. The van der Waals surface area contributed by atoms with E-state index in [4.69, 9.17) is 5.11 Å². The molecule has 0 fully saturated rings. The van der Waals surface area contributed by atoms with Crippen molar-refractivity contribution in [3.63, 3.8) is 0 Å². The molecule has 0 saturated heterocycles. The van der Waals surface area contributed by atoms with E-state index in [1.165, 1.54) is 0 Å². The molecule has 0 aliphatic rings. The Hall–Kier alpha value is -1.40. The number of nitrogens with one attached hydrogen (secondary N) is 2. The molecule has 0 radical (unpaired) electrons. The summed E-state index contributed by atoms with van der Waals surface area (Å²) in [6.07, 6.45) is -0.922. The summed E-state index contributed by atoms with van der Waals surface area (Å²) in [6, 6.07) is -1.92. The number of carboxylic acid groups (broad SMARTS) is 1. The summed E-state index contributed by atoms with van der Waals surface area (Å²) in [5.74, 6) is -1.17. The number of rotatable bonds is 7. The number of aliphatic carboxylic acids is 1. The topological polar surface area (TPSA) is 78.4 Å². The van der Waals surface area contributed by atoms with Gasteiger partial charge < -0.3 is 15.7 Å². The molecular formula is C9H16F2N2O3. The maximum atomic E-state index is 11.7. The largest absolute Gasteiger partial charge is 0.480 e. The molecule has 0 spiro atoms. The summed E-state index contributed by atoms with van der Waals surface area (Å²) in [6.45, 7) is 1.10. The summed E-state index contributed by atoms with van der Waals surface area (Å²) in [5.41, 5.74) is 0. The van der Waals surface area contributed by atoms with E-state index in [2.05, 4.69) is 5.32 Å². The Labute approximate surface area is 92.2 Å². The van der Waals surface area contributed by atoms with Crippen LogP contribution in [0, 0.1) is 0 Å². The van der Waals surface area contributed by atoms with Gasteiger partial charge in [-0.2, -0.15) is 0 Å². The molecule has 0 rings (SSSR count). The van der Waals surface area contributed by atoms with E-state index in [1.54, 1.807) is 0 Å². The highest BCUT2D eigenvalue weighted by Crippen LogP contribution is 2.00. The highest BCUT2D eigenvalue weighted by atomic mass is 19.3. The van der Waals surface area contributed by atoms with E-state index in [-0.39, 0.29) is 6.42 Å². The third-order valence-corrected chi connectivity index (χ3v) is 1.87. The van der Waals surface area contributed by atoms with Gasteiger partial charge in [-0.05, 0) is 6.42 Å². The van der Waals surface area contributed by atoms with Crippen LogP contribution in [0.15, 0.2) is 0 Å². The van der Waals surface area contributed by atoms with E-state index in [9.17, 15) is 18.4 Å². The first-order valence-corrected chi connectivity index (χ1v) is 5.02. The molecule has 1 atom stereocenters. The molecule has 0 saturated carbocycles. The van der Waals surface area contributed by atoms with Gasteiger partial charge in [-0.3, -0.25) is 0 Å². The Kier molecular flexibility index (Phi) is 7.15. The van der Waals surface area contributed by atoms with Gasteiger partial charge in [0.15, 0.2) is 0 Å². The van der Waals surface area contributed by atoms with Crippen LogP contribution in [0.5, 0.6) is 0 Å². The lowest BCUT2D eigenvalue weighted by molar-refractivity contribution is -0.139. The number of unbranched alkanes of at least 4 members (excludes halogenated alkanes) is 1. The van der Waals surface area contributed by atoms with Crippen LogP contribution in [0.1, 0.15) is 26.2 Å². The molecule has 7 heteroatoms. The van der Waals surface area contributed by atoms with Gasteiger partial charge in [-0.15, -0.1) is 0 Å². The van der Waals surface area contributed by atoms with E-state index in [0.29, 0.717) is 6.42 Å². The minimum Gasteiger partial charge on any atom is -0.480 e. The van der Waals surface area contributed by atoms with Crippen molar-refractivity contribution in [3.05, 3.63) is 0 Å². The lowest BCUT2D eigenvalue weighted by Gasteiger charge is -2.14. The van der Waals surface area contributed by atoms with Crippen LogP contribution < -0.4 is 10.6 Å². The number of hydrogen-bond acceptors (Lipinski definition) is 2. The molecular weight excluding hydrogens is 222 g/mol. The molecule has 0 aliphatic heterocycles. The molecule has 0 aromatic heterocycles. The van der Waals surface area contributed by atoms with Gasteiger partial charge in [-0.1, -0.05) is 19.8 Å². The van der Waals surface area contributed by atoms with Crippen molar-refractivity contribution in [3.8, 4) is 0 Å². The number of carbonyl (C=O) groups excluding carboxylic acids is 1. The number of halogens is 2. The minimum atomic E-state index is -2.65. The zero-order valence-electron chi connectivity index (χ0n) is 9.00. The maximum Gasteiger partial charge on any atom is 0.326 e. The standard InChI is InChI=1S/C9H16F2N2O3/c1-2-3-4-6(8(14)15)13-9(16)12-5-7(10)11/h6-7H,2-5H2,1H3,(H,14,15)(H2,12,13,16)/t6-/m0/s1. The highest BCUT2D eigenvalue weighted by Gasteiger charge is 2.19. The molecule has 0 aromatic carbocycles. The third-order valence-electron chi connectivity index (χ3n) is 1.87. The number of hydrogen-bond donors (Lipinski definition) is 3. The van der Waals surface area contributed by atoms with Crippen molar-refractivity contribution in [2.75, 3.05) is 6.54 Å². The fourth-order valence-electron chi connectivity index (χ4n) is 1.04. The SMILES string of the molecule is CCCC[C@H](NC(=O)NCC(F)F)C(=O)O. The third kappa shape index (κ3) is 6.97. The quantitative estimate of drug-likeness (QED) is 0.623. The maximum absolute atomic E-state index is 11.7. The van der Waals surface area contributed by atoms with Crippen molar-refractivity contribution in [1.82, 2.24) is 10.6 Å². The van der Waals surface area contributed by atoms with Crippen LogP contribution in [-0.4, -0.2) is 36.1 Å². The summed E-state index contributed by atoms with van der Waals surface area (Å²) in [7, 11) is 0. The Morgan fingerprint density at radius 2 is 2.00 bits per heavy atom. The number of carbonyl (C=O) groups is 2. The molecule has 3 N–H and O–H groups in total. The number of carboxylic acids is 1. The first-order valence-electron chi connectivity index (χ1n) is 5.02. The van der Waals surface area contributed by atoms with E-state index < -0.39 is 31.0 Å². The van der Waals surface area contributed by atoms with Crippen LogP contribution >= 0.6 is 0 Å². The predicted molar refractivity (Wildman–Crippen MR) is 53.5 cm³/mol. The zero-order chi connectivity index (χ0) is 12.6. The van der Waals surface area contributed by atoms with E-state index >= 15 is 0 Å². The van der Waals surface area contributed by atoms with Crippen LogP contribution in [0.25, 0.3) is 0 Å². The second-order valence-electron chi connectivity index (χ2n) is 3.28. The Morgan fingerprint density at radius 3 is 2.44 bits per heavy atom. The Bertz CT molecular complexity index is 237. The summed E-state index contributed by atoms with van der Waals surface area (Å²) in [5, 5.41) is 12.7. The molecule has 0 unspecified atom stereocenters. The van der Waals surface area contributed by atoms with Gasteiger partial charge in [0.2, 0.25) is 0 Å². The molecule has 0 aliphatic carbocycles. The predicted octanol–water partition coefficient (Wildman–Crippen LogP) is 1.19. The minimum absolute atomic E-state index is 0.286. The summed E-state index contributed by atoms with van der Waals surface area (Å²) >= 11 is 0.